The molecule has 0 spiro atoms. The van der Waals surface area contributed by atoms with E-state index in [0.717, 1.165) is 29.3 Å². The molecule has 1 fully saturated rings. The van der Waals surface area contributed by atoms with Gasteiger partial charge in [0.2, 0.25) is 0 Å². The summed E-state index contributed by atoms with van der Waals surface area (Å²) in [5.41, 5.74) is -1.08. The number of rotatable bonds is 11. The van der Waals surface area contributed by atoms with Gasteiger partial charge in [-0.15, -0.1) is 22.7 Å². The van der Waals surface area contributed by atoms with E-state index >= 15 is 0 Å². The number of carbonyl (C=O) groups excluding carboxylic acids is 3. The lowest BCUT2D eigenvalue weighted by atomic mass is 9.93. The first-order chi connectivity index (χ1) is 19.7. The van der Waals surface area contributed by atoms with E-state index in [0.29, 0.717) is 29.4 Å². The largest absolute Gasteiger partial charge is 0.542 e. The van der Waals surface area contributed by atoms with E-state index in [1.54, 1.807) is 0 Å². The van der Waals surface area contributed by atoms with Crippen LogP contribution in [-0.4, -0.2) is 71.9 Å². The zero-order chi connectivity index (χ0) is 31.0. The number of nitrogens with zero attached hydrogens (tertiary/aromatic N) is 1. The number of alkyl halides is 3. The third kappa shape index (κ3) is 10.0. The fraction of sp³-hybridized carbons (Fsp3) is 0.414. The molecule has 2 unspecified atom stereocenters. The van der Waals surface area contributed by atoms with Gasteiger partial charge in [-0.3, -0.25) is 4.79 Å². The number of likely N-dealkylation sites (N-methyl/N-ethyl adjacent to an activating group) is 1. The number of esters is 1. The molecule has 0 aliphatic carbocycles. The second kappa shape index (κ2) is 14.4. The van der Waals surface area contributed by atoms with Crippen LogP contribution in [0.15, 0.2) is 59.3 Å². The zero-order valence-corrected chi connectivity index (χ0v) is 24.4. The molecular weight excluding hydrogens is 598 g/mol. The molecule has 228 valence electrons. The number of hydrogen-bond donors (Lipinski definition) is 1. The first kappa shape index (κ1) is 33.4. The molecule has 2 aromatic heterocycles. The van der Waals surface area contributed by atoms with Gasteiger partial charge in [-0.2, -0.15) is 13.2 Å². The summed E-state index contributed by atoms with van der Waals surface area (Å²) in [5.74, 6) is -3.92. The number of thiophene rings is 2. The van der Waals surface area contributed by atoms with E-state index in [1.807, 2.05) is 35.0 Å². The zero-order valence-electron chi connectivity index (χ0n) is 22.8. The van der Waals surface area contributed by atoms with Crippen LogP contribution in [0.25, 0.3) is 0 Å². The Morgan fingerprint density at radius 1 is 1.02 bits per heavy atom. The van der Waals surface area contributed by atoms with Gasteiger partial charge in [0.15, 0.2) is 17.5 Å². The molecule has 1 N–H and O–H groups in total. The lowest BCUT2D eigenvalue weighted by Gasteiger charge is -2.30. The summed E-state index contributed by atoms with van der Waals surface area (Å²) in [7, 11) is 2.11. The number of hydrogen-bond acceptors (Lipinski definition) is 8. The molecule has 42 heavy (non-hydrogen) atoms. The van der Waals surface area contributed by atoms with Gasteiger partial charge in [0.25, 0.3) is 0 Å². The maximum Gasteiger partial charge on any atom is 0.430 e. The second-order valence-electron chi connectivity index (χ2n) is 10.4. The highest BCUT2D eigenvalue weighted by atomic mass is 32.1. The van der Waals surface area contributed by atoms with Crippen LogP contribution >= 0.6 is 22.7 Å². The molecule has 13 heteroatoms. The van der Waals surface area contributed by atoms with E-state index in [4.69, 9.17) is 14.6 Å². The maximum absolute atomic E-state index is 13.2. The Morgan fingerprint density at radius 3 is 2.05 bits per heavy atom. The third-order valence-electron chi connectivity index (χ3n) is 6.88. The Labute approximate surface area is 248 Å². The highest BCUT2D eigenvalue weighted by Crippen LogP contribution is 2.28. The Morgan fingerprint density at radius 2 is 1.57 bits per heavy atom. The summed E-state index contributed by atoms with van der Waals surface area (Å²) < 4.78 is 51.2. The lowest BCUT2D eigenvalue weighted by Crippen LogP contribution is -2.47. The molecule has 3 heterocycles. The van der Waals surface area contributed by atoms with Gasteiger partial charge in [0, 0.05) is 47.4 Å². The van der Waals surface area contributed by atoms with Crippen LogP contribution in [0.2, 0.25) is 0 Å². The Kier molecular flexibility index (Phi) is 11.4. The van der Waals surface area contributed by atoms with Gasteiger partial charge in [-0.25, -0.2) is 9.18 Å². The van der Waals surface area contributed by atoms with Crippen molar-refractivity contribution in [3.05, 3.63) is 80.4 Å². The number of aliphatic hydroxyl groups is 1. The fourth-order valence-electron chi connectivity index (χ4n) is 4.70. The van der Waals surface area contributed by atoms with E-state index < -0.39 is 23.7 Å². The van der Waals surface area contributed by atoms with Crippen LogP contribution in [0.3, 0.4) is 0 Å². The summed E-state index contributed by atoms with van der Waals surface area (Å²) in [6, 6.07) is 13.3. The van der Waals surface area contributed by atoms with Crippen LogP contribution in [0.1, 0.15) is 39.4 Å². The Hall–Kier alpha value is -3.13. The summed E-state index contributed by atoms with van der Waals surface area (Å²) in [6.07, 6.45) is -3.18. The number of quaternary nitrogens is 1. The Balaban J connectivity index is 0.000000616. The van der Waals surface area contributed by atoms with Crippen LogP contribution in [0, 0.1) is 5.82 Å². The molecule has 4 rings (SSSR count). The van der Waals surface area contributed by atoms with Crippen molar-refractivity contribution in [3.8, 4) is 0 Å². The van der Waals surface area contributed by atoms with Crippen molar-refractivity contribution in [2.24, 2.45) is 0 Å². The van der Waals surface area contributed by atoms with Crippen LogP contribution < -0.4 is 5.11 Å². The van der Waals surface area contributed by atoms with Crippen molar-refractivity contribution in [1.29, 1.82) is 0 Å². The minimum atomic E-state index is -5.19. The van der Waals surface area contributed by atoms with Crippen LogP contribution in [0.5, 0.6) is 0 Å². The van der Waals surface area contributed by atoms with Crippen molar-refractivity contribution >= 4 is 40.4 Å². The van der Waals surface area contributed by atoms with E-state index in [-0.39, 0.29) is 30.5 Å². The fourth-order valence-corrected chi connectivity index (χ4v) is 6.32. The van der Waals surface area contributed by atoms with Crippen molar-refractivity contribution in [2.45, 2.75) is 50.0 Å². The molecule has 0 bridgehead atoms. The van der Waals surface area contributed by atoms with Gasteiger partial charge < -0.3 is 24.2 Å². The monoisotopic (exact) mass is 629 g/mol. The molecule has 1 aliphatic rings. The lowest BCUT2D eigenvalue weighted by molar-refractivity contribution is -0.899. The number of aliphatic carboxylic acids is 1. The predicted octanol–water partition coefficient (Wildman–Crippen LogP) is 4.19. The number of Topliss-reactive ketones (excluding diaryl/α,β-unsaturated/α-hetero) is 1. The highest BCUT2D eigenvalue weighted by Gasteiger charge is 2.43. The van der Waals surface area contributed by atoms with E-state index in [9.17, 15) is 32.3 Å². The summed E-state index contributed by atoms with van der Waals surface area (Å²) in [4.78, 5) is 36.3. The summed E-state index contributed by atoms with van der Waals surface area (Å²) in [6.45, 7) is 2.29. The molecule has 1 saturated heterocycles. The van der Waals surface area contributed by atoms with Crippen molar-refractivity contribution in [1.82, 2.24) is 0 Å². The Bertz CT molecular complexity index is 1280. The predicted molar refractivity (Wildman–Crippen MR) is 147 cm³/mol. The normalized spacial score (nSPS) is 18.7. The van der Waals surface area contributed by atoms with Gasteiger partial charge >= 0.3 is 12.1 Å². The standard InChI is InChI=1S/C27H31FNO4S2.C2HF3O2/c1-29(13-2-7-25(30)20-8-10-21(28)11-9-20)14-12-22(19-29)33-26(31)27(32,17-23-5-3-15-34-23)18-24-6-4-16-35-24;3-2(4,5)1(6)7/h3-6,8-11,15-16,22,32H,2,7,12-14,17-19H2,1H3;(H,6,7)/q+1;/p-1. The average molecular weight is 630 g/mol. The molecule has 1 aliphatic heterocycles. The molecule has 0 saturated carbocycles. The number of ketones is 1. The van der Waals surface area contributed by atoms with E-state index in [1.165, 1.54) is 46.9 Å². The smallest absolute Gasteiger partial charge is 0.430 e. The molecule has 1 aromatic carbocycles. The van der Waals surface area contributed by atoms with Crippen molar-refractivity contribution in [2.75, 3.05) is 26.7 Å². The minimum absolute atomic E-state index is 0.00555. The molecule has 3 aromatic rings. The molecule has 0 amide bonds. The number of benzene rings is 1. The van der Waals surface area contributed by atoms with E-state index in [2.05, 4.69) is 7.05 Å². The van der Waals surface area contributed by atoms with Crippen LogP contribution in [0.4, 0.5) is 17.6 Å². The number of carboxylic acids is 1. The quantitative estimate of drug-likeness (QED) is 0.148. The van der Waals surface area contributed by atoms with Gasteiger partial charge in [0.05, 0.1) is 20.1 Å². The molecule has 7 nitrogen and oxygen atoms in total. The maximum atomic E-state index is 13.2. The second-order valence-corrected chi connectivity index (χ2v) is 12.5. The SMILES string of the molecule is C[N+]1(CCCC(=O)c2ccc(F)cc2)CCC(OC(=O)C(O)(Cc2cccs2)Cc2cccs2)C1.O=C([O-])C(F)(F)F. The van der Waals surface area contributed by atoms with Crippen LogP contribution in [-0.2, 0) is 27.2 Å². The highest BCUT2D eigenvalue weighted by molar-refractivity contribution is 7.10. The van der Waals surface area contributed by atoms with Crippen molar-refractivity contribution in [3.63, 3.8) is 0 Å². The number of ether oxygens (including phenoxy) is 1. The minimum Gasteiger partial charge on any atom is -0.542 e. The average Bonchev–Trinajstić information content (AvgIpc) is 3.68. The molecule has 0 radical (unpaired) electrons. The number of carbonyl (C=O) groups is 3. The molecular formula is C29H31F4NO6S2. The van der Waals surface area contributed by atoms with Gasteiger partial charge in [-0.1, -0.05) is 12.1 Å². The third-order valence-corrected chi connectivity index (χ3v) is 8.63. The number of likely N-dealkylation sites (tertiary alicyclic amines) is 1. The van der Waals surface area contributed by atoms with Gasteiger partial charge in [-0.05, 0) is 47.2 Å². The first-order valence-corrected chi connectivity index (χ1v) is 14.8. The number of halogens is 4. The van der Waals surface area contributed by atoms with Gasteiger partial charge in [0.1, 0.15) is 18.3 Å². The molecule has 2 atom stereocenters. The summed E-state index contributed by atoms with van der Waals surface area (Å²) in [5, 5.41) is 24.1. The first-order valence-electron chi connectivity index (χ1n) is 13.1. The topological polar surface area (TPSA) is 104 Å². The number of carboxylic acid groups (broad SMARTS) is 1. The van der Waals surface area contributed by atoms with Crippen molar-refractivity contribution < 1.29 is 51.4 Å². The summed E-state index contributed by atoms with van der Waals surface area (Å²) >= 11 is 3.04.